The maximum atomic E-state index is 5.59. The van der Waals surface area contributed by atoms with Gasteiger partial charge in [-0.1, -0.05) is 22.0 Å². The maximum Gasteiger partial charge on any atom is 0.138 e. The number of hydrogen-bond acceptors (Lipinski definition) is 4. The van der Waals surface area contributed by atoms with Crippen molar-refractivity contribution in [3.8, 4) is 0 Å². The standard InChI is InChI=1S/C13H14BrN3S/c1-9-10(6-15)7-16-13(17-9)8-18-12-4-2-3-11(14)5-12/h2-5,7H,6,8,15H2,1H3. The van der Waals surface area contributed by atoms with Gasteiger partial charge in [-0.05, 0) is 25.1 Å². The summed E-state index contributed by atoms with van der Waals surface area (Å²) in [5.74, 6) is 1.61. The van der Waals surface area contributed by atoms with Gasteiger partial charge in [-0.15, -0.1) is 11.8 Å². The highest BCUT2D eigenvalue weighted by Crippen LogP contribution is 2.24. The summed E-state index contributed by atoms with van der Waals surface area (Å²) in [5.41, 5.74) is 7.57. The normalized spacial score (nSPS) is 10.6. The van der Waals surface area contributed by atoms with Crippen molar-refractivity contribution < 1.29 is 0 Å². The van der Waals surface area contributed by atoms with E-state index in [4.69, 9.17) is 5.73 Å². The molecule has 1 aromatic heterocycles. The van der Waals surface area contributed by atoms with E-state index in [1.165, 1.54) is 4.90 Å². The molecule has 0 unspecified atom stereocenters. The molecule has 2 aromatic rings. The maximum absolute atomic E-state index is 5.59. The van der Waals surface area contributed by atoms with Crippen LogP contribution in [-0.4, -0.2) is 9.97 Å². The zero-order valence-electron chi connectivity index (χ0n) is 10.1. The first-order chi connectivity index (χ1) is 8.69. The lowest BCUT2D eigenvalue weighted by atomic mass is 10.2. The van der Waals surface area contributed by atoms with Gasteiger partial charge in [0.1, 0.15) is 5.82 Å². The summed E-state index contributed by atoms with van der Waals surface area (Å²) in [4.78, 5) is 9.98. The summed E-state index contributed by atoms with van der Waals surface area (Å²) in [7, 11) is 0. The Morgan fingerprint density at radius 1 is 1.39 bits per heavy atom. The molecule has 0 fully saturated rings. The molecule has 1 heterocycles. The molecular weight excluding hydrogens is 310 g/mol. The average Bonchev–Trinajstić information content (AvgIpc) is 2.37. The molecule has 2 rings (SSSR count). The first-order valence-electron chi connectivity index (χ1n) is 5.59. The summed E-state index contributed by atoms with van der Waals surface area (Å²) < 4.78 is 1.09. The fourth-order valence-electron chi connectivity index (χ4n) is 1.51. The second kappa shape index (κ2) is 6.31. The van der Waals surface area contributed by atoms with Gasteiger partial charge >= 0.3 is 0 Å². The molecule has 18 heavy (non-hydrogen) atoms. The molecule has 0 aliphatic rings. The van der Waals surface area contributed by atoms with E-state index in [9.17, 15) is 0 Å². The number of halogens is 1. The number of aryl methyl sites for hydroxylation is 1. The van der Waals surface area contributed by atoms with Crippen LogP contribution < -0.4 is 5.73 Å². The Morgan fingerprint density at radius 3 is 2.89 bits per heavy atom. The van der Waals surface area contributed by atoms with Gasteiger partial charge in [-0.3, -0.25) is 0 Å². The largest absolute Gasteiger partial charge is 0.326 e. The monoisotopic (exact) mass is 323 g/mol. The van der Waals surface area contributed by atoms with Crippen molar-refractivity contribution in [2.75, 3.05) is 0 Å². The van der Waals surface area contributed by atoms with Crippen LogP contribution in [0.4, 0.5) is 0 Å². The van der Waals surface area contributed by atoms with E-state index < -0.39 is 0 Å². The fourth-order valence-corrected chi connectivity index (χ4v) is 2.89. The number of thioether (sulfide) groups is 1. The topological polar surface area (TPSA) is 51.8 Å². The van der Waals surface area contributed by atoms with E-state index in [2.05, 4.69) is 38.0 Å². The Morgan fingerprint density at radius 2 is 2.22 bits per heavy atom. The van der Waals surface area contributed by atoms with E-state index in [0.717, 1.165) is 27.3 Å². The second-order valence-corrected chi connectivity index (χ2v) is 5.81. The molecule has 0 spiro atoms. The first-order valence-corrected chi connectivity index (χ1v) is 7.36. The van der Waals surface area contributed by atoms with E-state index in [0.29, 0.717) is 6.54 Å². The predicted octanol–water partition coefficient (Wildman–Crippen LogP) is 3.30. The molecule has 94 valence electrons. The quantitative estimate of drug-likeness (QED) is 0.877. The lowest BCUT2D eigenvalue weighted by Gasteiger charge is -2.05. The van der Waals surface area contributed by atoms with Crippen LogP contribution in [0.3, 0.4) is 0 Å². The van der Waals surface area contributed by atoms with Crippen molar-refractivity contribution in [1.82, 2.24) is 9.97 Å². The first kappa shape index (κ1) is 13.5. The molecule has 2 N–H and O–H groups in total. The number of hydrogen-bond donors (Lipinski definition) is 1. The molecule has 3 nitrogen and oxygen atoms in total. The fraction of sp³-hybridized carbons (Fsp3) is 0.231. The smallest absolute Gasteiger partial charge is 0.138 e. The summed E-state index contributed by atoms with van der Waals surface area (Å²) in [6.45, 7) is 2.46. The van der Waals surface area contributed by atoms with Crippen LogP contribution >= 0.6 is 27.7 Å². The van der Waals surface area contributed by atoms with Gasteiger partial charge < -0.3 is 5.73 Å². The highest BCUT2D eigenvalue weighted by atomic mass is 79.9. The SMILES string of the molecule is Cc1nc(CSc2cccc(Br)c2)ncc1CN. The summed E-state index contributed by atoms with van der Waals surface area (Å²) in [6.07, 6.45) is 1.82. The van der Waals surface area contributed by atoms with Gasteiger partial charge in [-0.25, -0.2) is 9.97 Å². The zero-order valence-corrected chi connectivity index (χ0v) is 12.5. The van der Waals surface area contributed by atoms with Gasteiger partial charge in [0.25, 0.3) is 0 Å². The minimum absolute atomic E-state index is 0.491. The van der Waals surface area contributed by atoms with Crippen LogP contribution in [0.15, 0.2) is 39.8 Å². The zero-order chi connectivity index (χ0) is 13.0. The van der Waals surface area contributed by atoms with Crippen LogP contribution in [0.5, 0.6) is 0 Å². The van der Waals surface area contributed by atoms with Crippen LogP contribution in [-0.2, 0) is 12.3 Å². The van der Waals surface area contributed by atoms with E-state index >= 15 is 0 Å². The third-order valence-corrected chi connectivity index (χ3v) is 4.00. The highest BCUT2D eigenvalue weighted by Gasteiger charge is 2.03. The predicted molar refractivity (Wildman–Crippen MR) is 78.4 cm³/mol. The van der Waals surface area contributed by atoms with Gasteiger partial charge in [0.15, 0.2) is 0 Å². The lowest BCUT2D eigenvalue weighted by molar-refractivity contribution is 0.923. The van der Waals surface area contributed by atoms with E-state index in [1.807, 2.05) is 25.3 Å². The van der Waals surface area contributed by atoms with Crippen molar-refractivity contribution in [3.63, 3.8) is 0 Å². The number of benzene rings is 1. The highest BCUT2D eigenvalue weighted by molar-refractivity contribution is 9.10. The van der Waals surface area contributed by atoms with Crippen molar-refractivity contribution in [1.29, 1.82) is 0 Å². The Labute approximate surface area is 119 Å². The number of nitrogens with zero attached hydrogens (tertiary/aromatic N) is 2. The molecule has 5 heteroatoms. The van der Waals surface area contributed by atoms with Crippen molar-refractivity contribution >= 4 is 27.7 Å². The second-order valence-electron chi connectivity index (χ2n) is 3.85. The van der Waals surface area contributed by atoms with Gasteiger partial charge in [0, 0.05) is 33.4 Å². The Bertz CT molecular complexity index is 546. The van der Waals surface area contributed by atoms with E-state index in [1.54, 1.807) is 11.8 Å². The molecule has 0 radical (unpaired) electrons. The molecule has 0 atom stereocenters. The van der Waals surface area contributed by atoms with Crippen molar-refractivity contribution in [2.24, 2.45) is 5.73 Å². The Hall–Kier alpha value is -0.910. The van der Waals surface area contributed by atoms with E-state index in [-0.39, 0.29) is 0 Å². The van der Waals surface area contributed by atoms with Crippen LogP contribution in [0.1, 0.15) is 17.1 Å². The van der Waals surface area contributed by atoms with Crippen LogP contribution in [0, 0.1) is 6.92 Å². The molecule has 0 amide bonds. The molecule has 0 saturated carbocycles. The molecule has 0 aliphatic carbocycles. The molecule has 0 saturated heterocycles. The van der Waals surface area contributed by atoms with Crippen molar-refractivity contribution in [3.05, 3.63) is 52.0 Å². The van der Waals surface area contributed by atoms with Gasteiger partial charge in [0.2, 0.25) is 0 Å². The molecule has 0 aliphatic heterocycles. The van der Waals surface area contributed by atoms with Gasteiger partial charge in [-0.2, -0.15) is 0 Å². The third-order valence-electron chi connectivity index (χ3n) is 2.51. The Balaban J connectivity index is 2.04. The minimum Gasteiger partial charge on any atom is -0.326 e. The molecular formula is C13H14BrN3S. The Kier molecular flexibility index (Phi) is 4.74. The number of nitrogens with two attached hydrogens (primary N) is 1. The lowest BCUT2D eigenvalue weighted by Crippen LogP contribution is -2.04. The average molecular weight is 324 g/mol. The van der Waals surface area contributed by atoms with Gasteiger partial charge in [0.05, 0.1) is 5.75 Å². The van der Waals surface area contributed by atoms with Crippen molar-refractivity contribution in [2.45, 2.75) is 24.1 Å². The summed E-state index contributed by atoms with van der Waals surface area (Å²) in [6, 6.07) is 8.21. The van der Waals surface area contributed by atoms with Crippen LogP contribution in [0.2, 0.25) is 0 Å². The summed E-state index contributed by atoms with van der Waals surface area (Å²) >= 11 is 5.18. The number of aromatic nitrogens is 2. The van der Waals surface area contributed by atoms with Crippen LogP contribution in [0.25, 0.3) is 0 Å². The number of rotatable bonds is 4. The third kappa shape index (κ3) is 3.54. The molecule has 0 bridgehead atoms. The minimum atomic E-state index is 0.491. The molecule has 1 aromatic carbocycles. The summed E-state index contributed by atoms with van der Waals surface area (Å²) in [5, 5.41) is 0.